The van der Waals surface area contributed by atoms with Crippen molar-refractivity contribution >= 4 is 11.6 Å². The predicted molar refractivity (Wildman–Crippen MR) is 94.1 cm³/mol. The van der Waals surface area contributed by atoms with Gasteiger partial charge in [-0.3, -0.25) is 9.48 Å². The number of aromatic nitrogens is 2. The van der Waals surface area contributed by atoms with Crippen LogP contribution in [0.4, 0.5) is 5.69 Å². The molecule has 3 rings (SSSR count). The molecule has 1 amide bonds. The molecule has 0 N–H and O–H groups in total. The van der Waals surface area contributed by atoms with Gasteiger partial charge in [0.05, 0.1) is 25.0 Å². The van der Waals surface area contributed by atoms with Crippen molar-refractivity contribution in [1.82, 2.24) is 9.78 Å². The fourth-order valence-corrected chi connectivity index (χ4v) is 3.21. The molecule has 1 saturated carbocycles. The Hall–Kier alpha value is -2.30. The predicted octanol–water partition coefficient (Wildman–Crippen LogP) is 3.71. The van der Waals surface area contributed by atoms with Crippen molar-refractivity contribution in [3.8, 4) is 5.75 Å². The first-order chi connectivity index (χ1) is 11.6. The topological polar surface area (TPSA) is 47.4 Å². The third-order valence-corrected chi connectivity index (χ3v) is 4.89. The third kappa shape index (κ3) is 3.45. The molecule has 0 saturated heterocycles. The standard InChI is InChI=1S/C19H25N3O2/c1-14(16-8-5-9-18(11-16)24-3)22(17-12-20-21(2)13-17)19(23)10-15-6-4-7-15/h5,8-9,11-15H,4,6-7,10H2,1-3H3/t14-/m1/s1. The zero-order valence-electron chi connectivity index (χ0n) is 14.6. The Balaban J connectivity index is 1.88. The highest BCUT2D eigenvalue weighted by molar-refractivity contribution is 5.94. The summed E-state index contributed by atoms with van der Waals surface area (Å²) < 4.78 is 7.06. The molecule has 0 aliphatic heterocycles. The smallest absolute Gasteiger partial charge is 0.227 e. The zero-order chi connectivity index (χ0) is 17.1. The van der Waals surface area contributed by atoms with Crippen LogP contribution in [0.5, 0.6) is 5.75 Å². The number of hydrogen-bond acceptors (Lipinski definition) is 3. The van der Waals surface area contributed by atoms with E-state index in [1.807, 2.05) is 42.4 Å². The summed E-state index contributed by atoms with van der Waals surface area (Å²) in [6.07, 6.45) is 7.85. The molecule has 0 unspecified atom stereocenters. The molecule has 0 spiro atoms. The van der Waals surface area contributed by atoms with Gasteiger partial charge in [0.25, 0.3) is 0 Å². The van der Waals surface area contributed by atoms with E-state index in [0.717, 1.165) is 17.0 Å². The summed E-state index contributed by atoms with van der Waals surface area (Å²) in [5.74, 6) is 1.51. The first-order valence-corrected chi connectivity index (χ1v) is 8.53. The van der Waals surface area contributed by atoms with Gasteiger partial charge >= 0.3 is 0 Å². The minimum atomic E-state index is -0.0723. The molecule has 24 heavy (non-hydrogen) atoms. The lowest BCUT2D eigenvalue weighted by Crippen LogP contribution is -2.35. The lowest BCUT2D eigenvalue weighted by Gasteiger charge is -2.32. The summed E-state index contributed by atoms with van der Waals surface area (Å²) in [7, 11) is 3.53. The van der Waals surface area contributed by atoms with Crippen molar-refractivity contribution in [2.24, 2.45) is 13.0 Å². The molecule has 2 aromatic rings. The second-order valence-electron chi connectivity index (χ2n) is 6.59. The van der Waals surface area contributed by atoms with E-state index in [4.69, 9.17) is 4.74 Å². The summed E-state index contributed by atoms with van der Waals surface area (Å²) in [5, 5.41) is 4.24. The molecule has 1 aromatic heterocycles. The first kappa shape index (κ1) is 16.6. The molecule has 1 atom stereocenters. The fourth-order valence-electron chi connectivity index (χ4n) is 3.21. The van der Waals surface area contributed by atoms with Crippen LogP contribution in [0.2, 0.25) is 0 Å². The number of carbonyl (C=O) groups excluding carboxylic acids is 1. The summed E-state index contributed by atoms with van der Waals surface area (Å²) in [4.78, 5) is 14.9. The van der Waals surface area contributed by atoms with E-state index >= 15 is 0 Å². The van der Waals surface area contributed by atoms with E-state index in [1.165, 1.54) is 19.3 Å². The van der Waals surface area contributed by atoms with Crippen LogP contribution in [0.25, 0.3) is 0 Å². The number of nitrogens with zero attached hydrogens (tertiary/aromatic N) is 3. The van der Waals surface area contributed by atoms with E-state index in [0.29, 0.717) is 12.3 Å². The highest BCUT2D eigenvalue weighted by Gasteiger charge is 2.29. The Morgan fingerprint density at radius 3 is 2.83 bits per heavy atom. The first-order valence-electron chi connectivity index (χ1n) is 8.53. The molecule has 0 bridgehead atoms. The molecule has 1 fully saturated rings. The number of rotatable bonds is 6. The van der Waals surface area contributed by atoms with E-state index in [2.05, 4.69) is 12.0 Å². The van der Waals surface area contributed by atoms with Gasteiger partial charge in [-0.15, -0.1) is 0 Å². The lowest BCUT2D eigenvalue weighted by atomic mass is 9.82. The zero-order valence-corrected chi connectivity index (χ0v) is 14.6. The maximum absolute atomic E-state index is 13.0. The van der Waals surface area contributed by atoms with Gasteiger partial charge in [0.15, 0.2) is 0 Å². The molecule has 1 aliphatic carbocycles. The Morgan fingerprint density at radius 1 is 1.46 bits per heavy atom. The Bertz CT molecular complexity index is 706. The van der Waals surface area contributed by atoms with Crippen molar-refractivity contribution in [1.29, 1.82) is 0 Å². The molecule has 1 aliphatic rings. The van der Waals surface area contributed by atoms with Gasteiger partial charge in [0, 0.05) is 19.7 Å². The largest absolute Gasteiger partial charge is 0.497 e. The summed E-state index contributed by atoms with van der Waals surface area (Å²) >= 11 is 0. The average Bonchev–Trinajstić information content (AvgIpc) is 2.97. The number of hydrogen-bond donors (Lipinski definition) is 0. The SMILES string of the molecule is COc1cccc([C@@H](C)N(C(=O)CC2CCC2)c2cnn(C)c2)c1. The lowest BCUT2D eigenvalue weighted by molar-refractivity contribution is -0.120. The minimum Gasteiger partial charge on any atom is -0.497 e. The Morgan fingerprint density at radius 2 is 2.25 bits per heavy atom. The van der Waals surface area contributed by atoms with Crippen molar-refractivity contribution in [3.63, 3.8) is 0 Å². The molecular formula is C19H25N3O2. The van der Waals surface area contributed by atoms with Crippen molar-refractivity contribution in [3.05, 3.63) is 42.2 Å². The fraction of sp³-hybridized carbons (Fsp3) is 0.474. The summed E-state index contributed by atoms with van der Waals surface area (Å²) in [6.45, 7) is 2.06. The number of benzene rings is 1. The van der Waals surface area contributed by atoms with Gasteiger partial charge in [-0.05, 0) is 43.4 Å². The van der Waals surface area contributed by atoms with Crippen LogP contribution in [0.15, 0.2) is 36.7 Å². The maximum Gasteiger partial charge on any atom is 0.227 e. The van der Waals surface area contributed by atoms with E-state index in [1.54, 1.807) is 18.0 Å². The Kier molecular flexibility index (Phi) is 4.88. The van der Waals surface area contributed by atoms with Crippen LogP contribution >= 0.6 is 0 Å². The molecule has 5 nitrogen and oxygen atoms in total. The van der Waals surface area contributed by atoms with E-state index in [-0.39, 0.29) is 11.9 Å². The second kappa shape index (κ2) is 7.07. The second-order valence-corrected chi connectivity index (χ2v) is 6.59. The normalized spacial score (nSPS) is 15.6. The average molecular weight is 327 g/mol. The number of methoxy groups -OCH3 is 1. The van der Waals surface area contributed by atoms with Gasteiger partial charge in [0.2, 0.25) is 5.91 Å². The van der Waals surface area contributed by atoms with Gasteiger partial charge in [-0.25, -0.2) is 0 Å². The Labute approximate surface area is 143 Å². The number of anilines is 1. The minimum absolute atomic E-state index is 0.0723. The molecule has 5 heteroatoms. The molecule has 1 heterocycles. The van der Waals surface area contributed by atoms with Crippen molar-refractivity contribution in [2.45, 2.75) is 38.6 Å². The summed E-state index contributed by atoms with van der Waals surface area (Å²) in [6, 6.07) is 7.83. The van der Waals surface area contributed by atoms with Crippen LogP contribution in [0.3, 0.4) is 0 Å². The third-order valence-electron chi connectivity index (χ3n) is 4.89. The molecule has 128 valence electrons. The van der Waals surface area contributed by atoms with Crippen LogP contribution < -0.4 is 9.64 Å². The number of ether oxygens (including phenoxy) is 1. The van der Waals surface area contributed by atoms with Gasteiger partial charge in [-0.2, -0.15) is 5.10 Å². The van der Waals surface area contributed by atoms with Crippen molar-refractivity contribution < 1.29 is 9.53 Å². The van der Waals surface area contributed by atoms with Crippen LogP contribution in [-0.4, -0.2) is 22.8 Å². The van der Waals surface area contributed by atoms with Gasteiger partial charge in [-0.1, -0.05) is 18.6 Å². The highest BCUT2D eigenvalue weighted by Crippen LogP contribution is 2.34. The molecule has 1 aromatic carbocycles. The van der Waals surface area contributed by atoms with Crippen LogP contribution in [0.1, 0.15) is 44.2 Å². The highest BCUT2D eigenvalue weighted by atomic mass is 16.5. The monoisotopic (exact) mass is 327 g/mol. The maximum atomic E-state index is 13.0. The number of aryl methyl sites for hydroxylation is 1. The van der Waals surface area contributed by atoms with Gasteiger partial charge < -0.3 is 9.64 Å². The van der Waals surface area contributed by atoms with Crippen LogP contribution in [-0.2, 0) is 11.8 Å². The van der Waals surface area contributed by atoms with E-state index < -0.39 is 0 Å². The quantitative estimate of drug-likeness (QED) is 0.812. The van der Waals surface area contributed by atoms with Crippen molar-refractivity contribution in [2.75, 3.05) is 12.0 Å². The van der Waals surface area contributed by atoms with Gasteiger partial charge in [0.1, 0.15) is 5.75 Å². The number of amides is 1. The van der Waals surface area contributed by atoms with E-state index in [9.17, 15) is 4.79 Å². The van der Waals surface area contributed by atoms with Crippen LogP contribution in [0, 0.1) is 5.92 Å². The summed E-state index contributed by atoms with van der Waals surface area (Å²) in [5.41, 5.74) is 1.90. The molecule has 0 radical (unpaired) electrons. The number of carbonyl (C=O) groups is 1. The molecular weight excluding hydrogens is 302 g/mol.